The molecule has 8 heteroatoms. The van der Waals surface area contributed by atoms with Gasteiger partial charge in [-0.2, -0.15) is 0 Å². The van der Waals surface area contributed by atoms with E-state index in [2.05, 4.69) is 16.0 Å². The largest absolute Gasteiger partial charge is 0.494 e. The minimum atomic E-state index is -1.23. The highest BCUT2D eigenvalue weighted by atomic mass is 32.1. The van der Waals surface area contributed by atoms with E-state index < -0.39 is 11.4 Å². The van der Waals surface area contributed by atoms with E-state index in [-0.39, 0.29) is 11.6 Å². The van der Waals surface area contributed by atoms with E-state index in [4.69, 9.17) is 10.5 Å². The first-order valence-electron chi connectivity index (χ1n) is 11.6. The summed E-state index contributed by atoms with van der Waals surface area (Å²) in [6, 6.07) is 4.93. The first-order chi connectivity index (χ1) is 16.0. The molecule has 6 rings (SSSR count). The third-order valence-corrected chi connectivity index (χ3v) is 8.55. The number of hydrogen-bond acceptors (Lipinski definition) is 6. The number of pyridine rings is 1. The van der Waals surface area contributed by atoms with E-state index in [0.717, 1.165) is 49.9 Å². The van der Waals surface area contributed by atoms with Crippen molar-refractivity contribution in [3.8, 4) is 16.2 Å². The molecule has 1 aromatic carbocycles. The van der Waals surface area contributed by atoms with Gasteiger partial charge >= 0.3 is 5.97 Å². The lowest BCUT2D eigenvalue weighted by molar-refractivity contribution is 0.0695. The van der Waals surface area contributed by atoms with Gasteiger partial charge in [-0.25, -0.2) is 4.79 Å². The van der Waals surface area contributed by atoms with Gasteiger partial charge in [-0.3, -0.25) is 9.69 Å². The van der Waals surface area contributed by atoms with Crippen molar-refractivity contribution in [2.45, 2.75) is 50.1 Å². The van der Waals surface area contributed by atoms with Gasteiger partial charge in [-0.15, -0.1) is 11.3 Å². The molecule has 2 aromatic heterocycles. The number of H-pyrrole nitrogens is 1. The van der Waals surface area contributed by atoms with Gasteiger partial charge in [-0.05, 0) is 61.3 Å². The van der Waals surface area contributed by atoms with Crippen molar-refractivity contribution in [1.82, 2.24) is 9.88 Å². The van der Waals surface area contributed by atoms with Crippen molar-refractivity contribution < 1.29 is 14.6 Å². The Kier molecular flexibility index (Phi) is 4.87. The van der Waals surface area contributed by atoms with Crippen LogP contribution in [0.1, 0.15) is 64.0 Å². The number of aryl methyl sites for hydroxylation is 1. The monoisotopic (exact) mass is 465 g/mol. The average molecular weight is 466 g/mol. The topological polar surface area (TPSA) is 109 Å². The van der Waals surface area contributed by atoms with Crippen molar-refractivity contribution in [2.24, 2.45) is 5.73 Å². The Morgan fingerprint density at radius 1 is 1.24 bits per heavy atom. The van der Waals surface area contributed by atoms with Gasteiger partial charge in [-0.1, -0.05) is 0 Å². The molecule has 3 aliphatic rings. The SMILES string of the molecule is COc1c(-c2cc3c(s2)CCCC3N2CC(N)C2)c(C2CC2)cc2c(=O)c(C(=O)O)c[nH]c12. The molecule has 0 amide bonds. The summed E-state index contributed by atoms with van der Waals surface area (Å²) in [6.07, 6.45) is 6.84. The summed E-state index contributed by atoms with van der Waals surface area (Å²) in [5.41, 5.74) is 9.45. The average Bonchev–Trinajstić information content (AvgIpc) is 3.53. The Morgan fingerprint density at radius 3 is 2.70 bits per heavy atom. The van der Waals surface area contributed by atoms with Gasteiger partial charge in [0, 0.05) is 46.7 Å². The quantitative estimate of drug-likeness (QED) is 0.528. The number of carbonyl (C=O) groups is 1. The minimum Gasteiger partial charge on any atom is -0.494 e. The lowest BCUT2D eigenvalue weighted by Crippen LogP contribution is -2.56. The van der Waals surface area contributed by atoms with Gasteiger partial charge in [0.05, 0.1) is 18.0 Å². The number of nitrogens with zero attached hydrogens (tertiary/aromatic N) is 1. The van der Waals surface area contributed by atoms with Crippen molar-refractivity contribution in [1.29, 1.82) is 0 Å². The summed E-state index contributed by atoms with van der Waals surface area (Å²) in [5, 5.41) is 9.80. The van der Waals surface area contributed by atoms with Gasteiger partial charge in [0.15, 0.2) is 5.75 Å². The van der Waals surface area contributed by atoms with Crippen LogP contribution in [0.3, 0.4) is 0 Å². The number of ether oxygens (including phenoxy) is 1. The molecular formula is C25H27N3O4S. The zero-order valence-electron chi connectivity index (χ0n) is 18.5. The predicted octanol–water partition coefficient (Wildman–Crippen LogP) is 3.86. The number of carboxylic acid groups (broad SMARTS) is 1. The first kappa shape index (κ1) is 20.9. The van der Waals surface area contributed by atoms with Crippen LogP contribution in [0.2, 0.25) is 0 Å². The van der Waals surface area contributed by atoms with Gasteiger partial charge in [0.2, 0.25) is 5.43 Å². The maximum atomic E-state index is 13.0. The van der Waals surface area contributed by atoms with Gasteiger partial charge < -0.3 is 20.6 Å². The lowest BCUT2D eigenvalue weighted by atomic mass is 9.89. The zero-order valence-corrected chi connectivity index (χ0v) is 19.3. The van der Waals surface area contributed by atoms with Crippen molar-refractivity contribution in [3.05, 3.63) is 50.1 Å². The van der Waals surface area contributed by atoms with Crippen LogP contribution in [0.25, 0.3) is 21.3 Å². The molecule has 3 heterocycles. The third kappa shape index (κ3) is 3.31. The van der Waals surface area contributed by atoms with Crippen LogP contribution in [0.15, 0.2) is 23.1 Å². The van der Waals surface area contributed by atoms with E-state index >= 15 is 0 Å². The van der Waals surface area contributed by atoms with E-state index in [0.29, 0.717) is 28.6 Å². The second-order valence-electron chi connectivity index (χ2n) is 9.52. The Labute approximate surface area is 195 Å². The standard InChI is InChI=1S/C25H27N3O4S/c1-32-24-21(20-8-15-18(28-10-13(26)11-28)3-2-4-19(15)33-20)14(12-5-6-12)7-16-22(24)27-9-17(23(16)29)25(30)31/h7-9,12-13,18H,2-6,10-11,26H2,1H3,(H,27,29)(H,30,31). The number of rotatable bonds is 5. The van der Waals surface area contributed by atoms with Crippen LogP contribution in [-0.4, -0.2) is 47.2 Å². The van der Waals surface area contributed by atoms with Crippen LogP contribution in [0.4, 0.5) is 0 Å². The molecule has 0 spiro atoms. The highest BCUT2D eigenvalue weighted by Gasteiger charge is 2.36. The van der Waals surface area contributed by atoms with Gasteiger partial charge in [0.25, 0.3) is 0 Å². The van der Waals surface area contributed by atoms with Crippen LogP contribution in [-0.2, 0) is 6.42 Å². The van der Waals surface area contributed by atoms with E-state index in [1.54, 1.807) is 7.11 Å². The molecule has 2 fully saturated rings. The van der Waals surface area contributed by atoms with E-state index in [9.17, 15) is 14.7 Å². The van der Waals surface area contributed by atoms with Crippen LogP contribution < -0.4 is 15.9 Å². The number of nitrogens with two attached hydrogens (primary N) is 1. The fraction of sp³-hybridized carbons (Fsp3) is 0.440. The summed E-state index contributed by atoms with van der Waals surface area (Å²) >= 11 is 1.83. The van der Waals surface area contributed by atoms with Crippen molar-refractivity contribution >= 4 is 28.2 Å². The summed E-state index contributed by atoms with van der Waals surface area (Å²) in [4.78, 5) is 32.6. The zero-order chi connectivity index (χ0) is 22.9. The summed E-state index contributed by atoms with van der Waals surface area (Å²) in [6.45, 7) is 1.91. The fourth-order valence-corrected chi connectivity index (χ4v) is 6.85. The molecule has 0 radical (unpaired) electrons. The molecule has 1 saturated carbocycles. The summed E-state index contributed by atoms with van der Waals surface area (Å²) in [5.74, 6) is -0.226. The number of methoxy groups -OCH3 is 1. The van der Waals surface area contributed by atoms with Crippen molar-refractivity contribution in [3.63, 3.8) is 0 Å². The number of hydrogen-bond donors (Lipinski definition) is 3. The van der Waals surface area contributed by atoms with Crippen LogP contribution >= 0.6 is 11.3 Å². The molecule has 172 valence electrons. The Bertz CT molecular complexity index is 1330. The number of thiophene rings is 1. The molecule has 33 heavy (non-hydrogen) atoms. The summed E-state index contributed by atoms with van der Waals surface area (Å²) in [7, 11) is 1.62. The maximum absolute atomic E-state index is 13.0. The maximum Gasteiger partial charge on any atom is 0.341 e. The number of aromatic amines is 1. The number of aromatic nitrogens is 1. The van der Waals surface area contributed by atoms with Crippen LogP contribution in [0, 0.1) is 0 Å². The molecular weight excluding hydrogens is 438 g/mol. The normalized spacial score (nSPS) is 21.1. The minimum absolute atomic E-state index is 0.249. The number of nitrogens with one attached hydrogen (secondary N) is 1. The smallest absolute Gasteiger partial charge is 0.341 e. The number of fused-ring (bicyclic) bond motifs is 2. The lowest BCUT2D eigenvalue weighted by Gasteiger charge is -2.44. The Balaban J connectivity index is 1.54. The van der Waals surface area contributed by atoms with Crippen LogP contribution in [0.5, 0.6) is 5.75 Å². The van der Waals surface area contributed by atoms with Gasteiger partial charge in [0.1, 0.15) is 5.56 Å². The molecule has 7 nitrogen and oxygen atoms in total. The second kappa shape index (κ2) is 7.68. The molecule has 1 aliphatic heterocycles. The summed E-state index contributed by atoms with van der Waals surface area (Å²) < 4.78 is 5.90. The number of benzene rings is 1. The molecule has 1 unspecified atom stereocenters. The second-order valence-corrected chi connectivity index (χ2v) is 10.7. The Hall–Kier alpha value is -2.68. The molecule has 0 bridgehead atoms. The highest BCUT2D eigenvalue weighted by Crippen LogP contribution is 2.52. The molecule has 2 aliphatic carbocycles. The van der Waals surface area contributed by atoms with E-state index in [1.165, 1.54) is 27.9 Å². The van der Waals surface area contributed by atoms with Crippen molar-refractivity contribution in [2.75, 3.05) is 20.2 Å². The highest BCUT2D eigenvalue weighted by molar-refractivity contribution is 7.15. The number of aromatic carboxylic acids is 1. The predicted molar refractivity (Wildman–Crippen MR) is 129 cm³/mol. The molecule has 1 saturated heterocycles. The number of carboxylic acids is 1. The molecule has 3 aromatic rings. The fourth-order valence-electron chi connectivity index (χ4n) is 5.53. The number of likely N-dealkylation sites (tertiary alicyclic amines) is 1. The first-order valence-corrected chi connectivity index (χ1v) is 12.4. The molecule has 4 N–H and O–H groups in total. The Morgan fingerprint density at radius 2 is 2.03 bits per heavy atom. The molecule has 1 atom stereocenters. The van der Waals surface area contributed by atoms with E-state index in [1.807, 2.05) is 17.4 Å². The third-order valence-electron chi connectivity index (χ3n) is 7.32.